The van der Waals surface area contributed by atoms with E-state index in [9.17, 15) is 9.59 Å². The van der Waals surface area contributed by atoms with Crippen LogP contribution >= 0.6 is 0 Å². The number of rotatable bonds is 6. The Bertz CT molecular complexity index is 817. The summed E-state index contributed by atoms with van der Waals surface area (Å²) in [6.45, 7) is 1.71. The molecule has 0 radical (unpaired) electrons. The summed E-state index contributed by atoms with van der Waals surface area (Å²) in [5.74, 6) is 0.896. The van der Waals surface area contributed by atoms with Crippen LogP contribution in [0.25, 0.3) is 0 Å². The fourth-order valence-electron chi connectivity index (χ4n) is 4.23. The van der Waals surface area contributed by atoms with Gasteiger partial charge in [-0.2, -0.15) is 0 Å². The summed E-state index contributed by atoms with van der Waals surface area (Å²) in [5, 5.41) is 5.52. The van der Waals surface area contributed by atoms with Gasteiger partial charge >= 0.3 is 12.0 Å². The van der Waals surface area contributed by atoms with E-state index < -0.39 is 18.0 Å². The molecular weight excluding hydrogens is 400 g/mol. The summed E-state index contributed by atoms with van der Waals surface area (Å²) in [5.41, 5.74) is 1.47. The van der Waals surface area contributed by atoms with Crippen LogP contribution in [0.2, 0.25) is 0 Å². The van der Waals surface area contributed by atoms with Crippen molar-refractivity contribution < 1.29 is 28.5 Å². The van der Waals surface area contributed by atoms with Crippen molar-refractivity contribution >= 4 is 12.0 Å². The van der Waals surface area contributed by atoms with Crippen LogP contribution in [0.5, 0.6) is 17.2 Å². The monoisotopic (exact) mass is 432 g/mol. The second-order valence-electron chi connectivity index (χ2n) is 7.90. The molecule has 1 heterocycles. The number of allylic oxidation sites excluding steroid dienone is 1. The van der Waals surface area contributed by atoms with E-state index in [0.29, 0.717) is 34.1 Å². The van der Waals surface area contributed by atoms with Crippen LogP contribution in [0.15, 0.2) is 23.4 Å². The molecule has 0 saturated heterocycles. The first-order valence-electron chi connectivity index (χ1n) is 10.8. The first-order chi connectivity index (χ1) is 15.0. The molecule has 8 nitrogen and oxygen atoms in total. The number of benzene rings is 1. The van der Waals surface area contributed by atoms with Gasteiger partial charge < -0.3 is 29.6 Å². The van der Waals surface area contributed by atoms with Gasteiger partial charge in [0.05, 0.1) is 32.9 Å². The Kier molecular flexibility index (Phi) is 7.65. The molecule has 2 aliphatic rings. The number of hydrogen-bond acceptors (Lipinski definition) is 6. The lowest BCUT2D eigenvalue weighted by Gasteiger charge is -2.30. The van der Waals surface area contributed by atoms with Gasteiger partial charge in [0, 0.05) is 5.70 Å². The molecule has 8 heteroatoms. The summed E-state index contributed by atoms with van der Waals surface area (Å²) in [7, 11) is 4.56. The van der Waals surface area contributed by atoms with E-state index in [1.54, 1.807) is 19.1 Å². The van der Waals surface area contributed by atoms with Crippen molar-refractivity contribution in [2.24, 2.45) is 0 Å². The highest BCUT2D eigenvalue weighted by Crippen LogP contribution is 2.41. The average Bonchev–Trinajstić information content (AvgIpc) is 2.73. The number of ether oxygens (including phenoxy) is 4. The highest BCUT2D eigenvalue weighted by Gasteiger charge is 2.34. The highest BCUT2D eigenvalue weighted by molar-refractivity contribution is 5.95. The zero-order valence-electron chi connectivity index (χ0n) is 18.7. The maximum Gasteiger partial charge on any atom is 0.338 e. The van der Waals surface area contributed by atoms with Crippen LogP contribution in [-0.2, 0) is 9.53 Å². The summed E-state index contributed by atoms with van der Waals surface area (Å²) in [6, 6.07) is 2.37. The Morgan fingerprint density at radius 3 is 2.06 bits per heavy atom. The van der Waals surface area contributed by atoms with Crippen LogP contribution in [-0.4, -0.2) is 39.4 Å². The van der Waals surface area contributed by atoms with E-state index >= 15 is 0 Å². The number of urea groups is 1. The van der Waals surface area contributed by atoms with E-state index in [4.69, 9.17) is 18.9 Å². The first kappa shape index (κ1) is 22.8. The molecule has 3 rings (SSSR count). The van der Waals surface area contributed by atoms with Crippen LogP contribution in [0.1, 0.15) is 63.5 Å². The fourth-order valence-corrected chi connectivity index (χ4v) is 4.23. The Hall–Kier alpha value is -2.90. The standard InChI is InChI=1S/C23H32N2O6/c1-14-19(22(26)31-16-10-8-6-5-7-9-11-16)20(25-23(27)24-14)15-12-17(28-2)21(30-4)18(13-15)29-3/h12-13,16,20H,5-11H2,1-4H3,(H2,24,25,27). The first-order valence-corrected chi connectivity index (χ1v) is 10.8. The molecule has 1 aromatic rings. The van der Waals surface area contributed by atoms with Crippen LogP contribution in [0, 0.1) is 0 Å². The molecule has 0 bridgehead atoms. The fraction of sp³-hybridized carbons (Fsp3) is 0.565. The number of methoxy groups -OCH3 is 3. The van der Waals surface area contributed by atoms with Crippen molar-refractivity contribution in [2.45, 2.75) is 64.0 Å². The van der Waals surface area contributed by atoms with Gasteiger partial charge in [-0.3, -0.25) is 0 Å². The van der Waals surface area contributed by atoms with Crippen molar-refractivity contribution in [3.05, 3.63) is 29.0 Å². The van der Waals surface area contributed by atoms with Crippen LogP contribution in [0.3, 0.4) is 0 Å². The SMILES string of the molecule is COc1cc(C2NC(=O)NC(C)=C2C(=O)OC2CCCCCCC2)cc(OC)c1OC. The lowest BCUT2D eigenvalue weighted by Crippen LogP contribution is -2.45. The molecule has 0 spiro atoms. The maximum absolute atomic E-state index is 13.2. The molecule has 1 aromatic carbocycles. The molecule has 2 amide bonds. The Morgan fingerprint density at radius 2 is 1.52 bits per heavy atom. The second kappa shape index (κ2) is 10.4. The summed E-state index contributed by atoms with van der Waals surface area (Å²) in [6.07, 6.45) is 7.32. The third-order valence-electron chi connectivity index (χ3n) is 5.84. The largest absolute Gasteiger partial charge is 0.493 e. The summed E-state index contributed by atoms with van der Waals surface area (Å²) < 4.78 is 22.2. The Balaban J connectivity index is 1.93. The zero-order valence-corrected chi connectivity index (χ0v) is 18.7. The number of amides is 2. The van der Waals surface area contributed by atoms with Gasteiger partial charge in [0.25, 0.3) is 0 Å². The van der Waals surface area contributed by atoms with E-state index in [1.807, 2.05) is 0 Å². The molecule has 1 aliphatic heterocycles. The van der Waals surface area contributed by atoms with E-state index in [2.05, 4.69) is 10.6 Å². The van der Waals surface area contributed by atoms with Crippen molar-refractivity contribution in [3.63, 3.8) is 0 Å². The topological polar surface area (TPSA) is 95.1 Å². The van der Waals surface area contributed by atoms with E-state index in [0.717, 1.165) is 25.7 Å². The Labute approximate surface area is 183 Å². The predicted octanol–water partition coefficient (Wildman–Crippen LogP) is 4.00. The van der Waals surface area contributed by atoms with Crippen molar-refractivity contribution in [3.8, 4) is 17.2 Å². The normalized spacial score (nSPS) is 20.1. The summed E-state index contributed by atoms with van der Waals surface area (Å²) in [4.78, 5) is 25.5. The van der Waals surface area contributed by atoms with E-state index in [-0.39, 0.29) is 6.10 Å². The molecule has 1 saturated carbocycles. The third-order valence-corrected chi connectivity index (χ3v) is 5.84. The van der Waals surface area contributed by atoms with Crippen LogP contribution < -0.4 is 24.8 Å². The minimum absolute atomic E-state index is 0.105. The molecule has 170 valence electrons. The summed E-state index contributed by atoms with van der Waals surface area (Å²) >= 11 is 0. The second-order valence-corrected chi connectivity index (χ2v) is 7.90. The Morgan fingerprint density at radius 1 is 0.935 bits per heavy atom. The zero-order chi connectivity index (χ0) is 22.4. The van der Waals surface area contributed by atoms with Gasteiger partial charge in [0.2, 0.25) is 5.75 Å². The number of esters is 1. The lowest BCUT2D eigenvalue weighted by atomic mass is 9.94. The van der Waals surface area contributed by atoms with Gasteiger partial charge in [-0.15, -0.1) is 0 Å². The quantitative estimate of drug-likeness (QED) is 0.660. The average molecular weight is 433 g/mol. The number of hydrogen-bond donors (Lipinski definition) is 2. The molecule has 0 aromatic heterocycles. The molecule has 2 N–H and O–H groups in total. The number of carbonyl (C=O) groups excluding carboxylic acids is 2. The van der Waals surface area contributed by atoms with Gasteiger partial charge in [-0.1, -0.05) is 19.3 Å². The van der Waals surface area contributed by atoms with E-state index in [1.165, 1.54) is 40.6 Å². The third kappa shape index (κ3) is 5.24. The highest BCUT2D eigenvalue weighted by atomic mass is 16.5. The van der Waals surface area contributed by atoms with Gasteiger partial charge in [-0.25, -0.2) is 9.59 Å². The molecule has 1 atom stereocenters. The van der Waals surface area contributed by atoms with Crippen molar-refractivity contribution in [2.75, 3.05) is 21.3 Å². The molecular formula is C23H32N2O6. The van der Waals surface area contributed by atoms with Crippen molar-refractivity contribution in [1.29, 1.82) is 0 Å². The van der Waals surface area contributed by atoms with Gasteiger partial charge in [0.15, 0.2) is 11.5 Å². The molecule has 1 fully saturated rings. The van der Waals surface area contributed by atoms with Gasteiger partial charge in [0.1, 0.15) is 6.10 Å². The predicted molar refractivity (Wildman–Crippen MR) is 115 cm³/mol. The molecule has 1 unspecified atom stereocenters. The maximum atomic E-state index is 13.2. The van der Waals surface area contributed by atoms with Gasteiger partial charge in [-0.05, 0) is 50.3 Å². The lowest BCUT2D eigenvalue weighted by molar-refractivity contribution is -0.145. The minimum atomic E-state index is -0.705. The molecule has 31 heavy (non-hydrogen) atoms. The smallest absolute Gasteiger partial charge is 0.338 e. The van der Waals surface area contributed by atoms with Crippen molar-refractivity contribution in [1.82, 2.24) is 10.6 Å². The van der Waals surface area contributed by atoms with Crippen LogP contribution in [0.4, 0.5) is 4.79 Å². The minimum Gasteiger partial charge on any atom is -0.493 e. The molecule has 1 aliphatic carbocycles. The number of carbonyl (C=O) groups is 2. The number of nitrogens with one attached hydrogen (secondary N) is 2.